The highest BCUT2D eigenvalue weighted by atomic mass is 35.5. The van der Waals surface area contributed by atoms with E-state index < -0.39 is 5.91 Å². The number of ether oxygens (including phenoxy) is 2. The summed E-state index contributed by atoms with van der Waals surface area (Å²) in [7, 11) is 0. The van der Waals surface area contributed by atoms with E-state index >= 15 is 0 Å². The topological polar surface area (TPSA) is 86.5 Å². The fraction of sp³-hybridized carbons (Fsp3) is 0.0625. The van der Waals surface area contributed by atoms with Crippen molar-refractivity contribution in [2.24, 2.45) is 0 Å². The van der Waals surface area contributed by atoms with E-state index in [1.54, 1.807) is 36.4 Å². The van der Waals surface area contributed by atoms with Gasteiger partial charge in [0.2, 0.25) is 6.79 Å². The van der Waals surface area contributed by atoms with Gasteiger partial charge in [0.1, 0.15) is 0 Å². The summed E-state index contributed by atoms with van der Waals surface area (Å²) in [4.78, 5) is 12.3. The van der Waals surface area contributed by atoms with Crippen molar-refractivity contribution in [1.82, 2.24) is 10.2 Å². The molecule has 0 saturated heterocycles. The van der Waals surface area contributed by atoms with Crippen molar-refractivity contribution in [3.8, 4) is 23.0 Å². The van der Waals surface area contributed by atoms with Crippen LogP contribution in [0.5, 0.6) is 11.5 Å². The van der Waals surface area contributed by atoms with Gasteiger partial charge >= 0.3 is 6.01 Å². The maximum atomic E-state index is 12.3. The third kappa shape index (κ3) is 3.11. The van der Waals surface area contributed by atoms with E-state index in [4.69, 9.17) is 37.1 Å². The average molecular weight is 378 g/mol. The molecule has 1 amide bonds. The monoisotopic (exact) mass is 377 g/mol. The first kappa shape index (κ1) is 15.7. The average Bonchev–Trinajstić information content (AvgIpc) is 3.25. The van der Waals surface area contributed by atoms with Crippen molar-refractivity contribution in [2.45, 2.75) is 0 Å². The van der Waals surface area contributed by atoms with Gasteiger partial charge in [-0.1, -0.05) is 28.3 Å². The molecule has 1 aliphatic heterocycles. The lowest BCUT2D eigenvalue weighted by atomic mass is 10.2. The van der Waals surface area contributed by atoms with Crippen molar-refractivity contribution in [3.63, 3.8) is 0 Å². The number of benzene rings is 2. The van der Waals surface area contributed by atoms with E-state index in [9.17, 15) is 4.79 Å². The third-order valence-electron chi connectivity index (χ3n) is 3.44. The summed E-state index contributed by atoms with van der Waals surface area (Å²) >= 11 is 12.0. The second-order valence-electron chi connectivity index (χ2n) is 5.06. The van der Waals surface area contributed by atoms with Gasteiger partial charge in [0.15, 0.2) is 11.5 Å². The van der Waals surface area contributed by atoms with E-state index in [0.717, 1.165) is 0 Å². The molecule has 1 aromatic heterocycles. The number of amides is 1. The van der Waals surface area contributed by atoms with Crippen LogP contribution in [0.2, 0.25) is 10.0 Å². The highest BCUT2D eigenvalue weighted by Gasteiger charge is 2.18. The largest absolute Gasteiger partial charge is 0.454 e. The Bertz CT molecular complexity index is 974. The molecule has 25 heavy (non-hydrogen) atoms. The zero-order valence-electron chi connectivity index (χ0n) is 12.5. The van der Waals surface area contributed by atoms with Gasteiger partial charge in [-0.15, -0.1) is 5.10 Å². The summed E-state index contributed by atoms with van der Waals surface area (Å²) < 4.78 is 15.9. The molecule has 4 rings (SSSR count). The quantitative estimate of drug-likeness (QED) is 0.741. The van der Waals surface area contributed by atoms with Crippen molar-refractivity contribution >= 4 is 35.1 Å². The first-order chi connectivity index (χ1) is 12.1. The summed E-state index contributed by atoms with van der Waals surface area (Å²) in [5.74, 6) is 0.816. The highest BCUT2D eigenvalue weighted by molar-refractivity contribution is 6.35. The first-order valence-corrected chi connectivity index (χ1v) is 7.86. The molecule has 2 heterocycles. The molecule has 0 atom stereocenters. The fourth-order valence-corrected chi connectivity index (χ4v) is 2.62. The standard InChI is InChI=1S/C16H9Cl2N3O4/c17-9-2-3-11(18)10(6-9)15-20-21-16(25-15)19-14(22)8-1-4-12-13(5-8)24-7-23-12/h1-6H,7H2,(H,19,21,22). The van der Waals surface area contributed by atoms with Gasteiger partial charge in [0.05, 0.1) is 10.6 Å². The summed E-state index contributed by atoms with van der Waals surface area (Å²) in [5, 5.41) is 11.1. The Morgan fingerprint density at radius 2 is 1.88 bits per heavy atom. The number of nitrogens with one attached hydrogen (secondary N) is 1. The Hall–Kier alpha value is -2.77. The second kappa shape index (κ2) is 6.27. The van der Waals surface area contributed by atoms with Crippen LogP contribution in [0.3, 0.4) is 0 Å². The number of anilines is 1. The molecule has 2 aromatic carbocycles. The number of fused-ring (bicyclic) bond motifs is 1. The first-order valence-electron chi connectivity index (χ1n) is 7.10. The number of nitrogens with zero attached hydrogens (tertiary/aromatic N) is 2. The van der Waals surface area contributed by atoms with Crippen LogP contribution in [0.15, 0.2) is 40.8 Å². The molecule has 0 spiro atoms. The molecule has 0 saturated carbocycles. The van der Waals surface area contributed by atoms with Crippen LogP contribution in [0, 0.1) is 0 Å². The minimum atomic E-state index is -0.425. The van der Waals surface area contributed by atoms with Crippen molar-refractivity contribution in [1.29, 1.82) is 0 Å². The van der Waals surface area contributed by atoms with Crippen LogP contribution >= 0.6 is 23.2 Å². The van der Waals surface area contributed by atoms with Gasteiger partial charge in [0, 0.05) is 10.6 Å². The van der Waals surface area contributed by atoms with Gasteiger partial charge in [-0.05, 0) is 36.4 Å². The lowest BCUT2D eigenvalue weighted by molar-refractivity contribution is 0.102. The number of halogens is 2. The van der Waals surface area contributed by atoms with Gasteiger partial charge in [0.25, 0.3) is 11.8 Å². The predicted molar refractivity (Wildman–Crippen MR) is 90.3 cm³/mol. The Balaban J connectivity index is 1.55. The summed E-state index contributed by atoms with van der Waals surface area (Å²) in [6.45, 7) is 0.133. The normalized spacial score (nSPS) is 12.2. The summed E-state index contributed by atoms with van der Waals surface area (Å²) in [5.41, 5.74) is 0.843. The molecule has 7 nitrogen and oxygen atoms in total. The molecule has 1 aliphatic rings. The SMILES string of the molecule is O=C(Nc1nnc(-c2cc(Cl)ccc2Cl)o1)c1ccc2c(c1)OCO2. The number of carbonyl (C=O) groups is 1. The maximum absolute atomic E-state index is 12.3. The molecular formula is C16H9Cl2N3O4. The molecule has 1 N–H and O–H groups in total. The van der Waals surface area contributed by atoms with Crippen LogP contribution < -0.4 is 14.8 Å². The van der Waals surface area contributed by atoms with E-state index in [1.165, 1.54) is 0 Å². The van der Waals surface area contributed by atoms with E-state index in [2.05, 4.69) is 15.5 Å². The molecule has 0 aliphatic carbocycles. The zero-order valence-corrected chi connectivity index (χ0v) is 14.0. The maximum Gasteiger partial charge on any atom is 0.322 e. The molecule has 3 aromatic rings. The Morgan fingerprint density at radius 3 is 2.76 bits per heavy atom. The number of carbonyl (C=O) groups excluding carboxylic acids is 1. The van der Waals surface area contributed by atoms with Crippen LogP contribution in [0.1, 0.15) is 10.4 Å². The lowest BCUT2D eigenvalue weighted by Crippen LogP contribution is -2.12. The Kier molecular flexibility index (Phi) is 3.95. The van der Waals surface area contributed by atoms with Gasteiger partial charge in [-0.3, -0.25) is 10.1 Å². The van der Waals surface area contributed by atoms with Crippen molar-refractivity contribution < 1.29 is 18.7 Å². The molecule has 9 heteroatoms. The van der Waals surface area contributed by atoms with E-state index in [0.29, 0.717) is 32.7 Å². The smallest absolute Gasteiger partial charge is 0.322 e. The predicted octanol–water partition coefficient (Wildman–Crippen LogP) is 4.02. The summed E-state index contributed by atoms with van der Waals surface area (Å²) in [6.07, 6.45) is 0. The molecular weight excluding hydrogens is 369 g/mol. The minimum absolute atomic E-state index is 0.0614. The minimum Gasteiger partial charge on any atom is -0.454 e. The van der Waals surface area contributed by atoms with Crippen LogP contribution in [0.4, 0.5) is 6.01 Å². The number of hydrogen-bond donors (Lipinski definition) is 1. The molecule has 0 unspecified atom stereocenters. The van der Waals surface area contributed by atoms with Gasteiger partial charge < -0.3 is 13.9 Å². The molecule has 0 bridgehead atoms. The second-order valence-corrected chi connectivity index (χ2v) is 5.90. The summed E-state index contributed by atoms with van der Waals surface area (Å²) in [6, 6.07) is 9.63. The molecule has 126 valence electrons. The van der Waals surface area contributed by atoms with Crippen LogP contribution in [-0.2, 0) is 0 Å². The molecule has 0 radical (unpaired) electrons. The number of hydrogen-bond acceptors (Lipinski definition) is 6. The fourth-order valence-electron chi connectivity index (χ4n) is 2.25. The molecule has 0 fully saturated rings. The van der Waals surface area contributed by atoms with Crippen molar-refractivity contribution in [3.05, 3.63) is 52.0 Å². The number of rotatable bonds is 3. The van der Waals surface area contributed by atoms with Gasteiger partial charge in [-0.25, -0.2) is 0 Å². The van der Waals surface area contributed by atoms with Crippen LogP contribution in [-0.4, -0.2) is 22.9 Å². The van der Waals surface area contributed by atoms with Gasteiger partial charge in [-0.2, -0.15) is 0 Å². The third-order valence-corrected chi connectivity index (χ3v) is 4.00. The lowest BCUT2D eigenvalue weighted by Gasteiger charge is -2.02. The Morgan fingerprint density at radius 1 is 1.04 bits per heavy atom. The Labute approximate surface area is 151 Å². The van der Waals surface area contributed by atoms with E-state index in [-0.39, 0.29) is 18.7 Å². The van der Waals surface area contributed by atoms with Crippen molar-refractivity contribution in [2.75, 3.05) is 12.1 Å². The zero-order chi connectivity index (χ0) is 17.4. The van der Waals surface area contributed by atoms with Crippen LogP contribution in [0.25, 0.3) is 11.5 Å². The van der Waals surface area contributed by atoms with E-state index in [1.807, 2.05) is 0 Å². The number of aromatic nitrogens is 2. The highest BCUT2D eigenvalue weighted by Crippen LogP contribution is 2.33.